The molecular formula is C23H21NO2S2. The van der Waals surface area contributed by atoms with Crippen LogP contribution in [-0.2, 0) is 16.6 Å². The van der Waals surface area contributed by atoms with E-state index in [0.717, 1.165) is 26.6 Å². The first kappa shape index (κ1) is 18.8. The molecule has 0 saturated heterocycles. The van der Waals surface area contributed by atoms with E-state index >= 15 is 0 Å². The average Bonchev–Trinajstić information content (AvgIpc) is 3.05. The van der Waals surface area contributed by atoms with Crippen LogP contribution in [0.1, 0.15) is 33.8 Å². The summed E-state index contributed by atoms with van der Waals surface area (Å²) in [7, 11) is -1.02. The molecule has 142 valence electrons. The van der Waals surface area contributed by atoms with Crippen LogP contribution >= 0.6 is 11.3 Å². The molecule has 1 aromatic heterocycles. The van der Waals surface area contributed by atoms with Gasteiger partial charge < -0.3 is 5.32 Å². The van der Waals surface area contributed by atoms with E-state index in [1.54, 1.807) is 6.26 Å². The van der Waals surface area contributed by atoms with Crippen LogP contribution in [0.15, 0.2) is 66.7 Å². The largest absolute Gasteiger partial charge is 0.345 e. The molecule has 2 atom stereocenters. The standard InChI is InChI=1S/C23H21NO2S2/c1-15(17-12-11-16-7-3-4-8-18(16)13-17)24-23(25)22-20(14-28(2)26)19-9-5-6-10-21(19)27-22/h3-13,15H,14H2,1-2H3,(H,24,25)/t15-,28+/m0/s1. The number of thiophene rings is 1. The third-order valence-corrected chi connectivity index (χ3v) is 6.78. The predicted octanol–water partition coefficient (Wildman–Crippen LogP) is 5.42. The molecule has 1 N–H and O–H groups in total. The lowest BCUT2D eigenvalue weighted by atomic mass is 10.0. The fraction of sp³-hybridized carbons (Fsp3) is 0.174. The van der Waals surface area contributed by atoms with Gasteiger partial charge in [-0.05, 0) is 46.3 Å². The van der Waals surface area contributed by atoms with Crippen molar-refractivity contribution in [3.8, 4) is 0 Å². The van der Waals surface area contributed by atoms with Crippen molar-refractivity contribution in [1.82, 2.24) is 5.32 Å². The van der Waals surface area contributed by atoms with E-state index in [1.165, 1.54) is 16.7 Å². The van der Waals surface area contributed by atoms with Crippen LogP contribution in [-0.4, -0.2) is 16.4 Å². The van der Waals surface area contributed by atoms with E-state index in [9.17, 15) is 9.00 Å². The number of fused-ring (bicyclic) bond motifs is 2. The molecular weight excluding hydrogens is 386 g/mol. The number of carbonyl (C=O) groups excluding carboxylic acids is 1. The Balaban J connectivity index is 1.64. The summed E-state index contributed by atoms with van der Waals surface area (Å²) in [5.74, 6) is 0.277. The number of nitrogens with one attached hydrogen (secondary N) is 1. The van der Waals surface area contributed by atoms with Crippen LogP contribution in [0.3, 0.4) is 0 Å². The van der Waals surface area contributed by atoms with E-state index in [0.29, 0.717) is 10.6 Å². The second-order valence-electron chi connectivity index (χ2n) is 6.93. The number of hydrogen-bond donors (Lipinski definition) is 1. The lowest BCUT2D eigenvalue weighted by Gasteiger charge is -2.15. The molecule has 0 saturated carbocycles. The molecule has 5 heteroatoms. The SMILES string of the molecule is C[C@H](NC(=O)c1sc2ccccc2c1C[S@@](C)=O)c1ccc2ccccc2c1. The quantitative estimate of drug-likeness (QED) is 0.480. The summed E-state index contributed by atoms with van der Waals surface area (Å²) >= 11 is 1.47. The van der Waals surface area contributed by atoms with E-state index in [2.05, 4.69) is 35.6 Å². The minimum absolute atomic E-state index is 0.109. The van der Waals surface area contributed by atoms with Crippen molar-refractivity contribution in [3.63, 3.8) is 0 Å². The first-order valence-electron chi connectivity index (χ1n) is 9.13. The maximum Gasteiger partial charge on any atom is 0.262 e. The highest BCUT2D eigenvalue weighted by Gasteiger charge is 2.21. The zero-order chi connectivity index (χ0) is 19.7. The molecule has 0 aliphatic carbocycles. The minimum Gasteiger partial charge on any atom is -0.345 e. The molecule has 3 nitrogen and oxygen atoms in total. The van der Waals surface area contributed by atoms with Crippen molar-refractivity contribution >= 4 is 48.9 Å². The zero-order valence-corrected chi connectivity index (χ0v) is 17.4. The summed E-state index contributed by atoms with van der Waals surface area (Å²) in [6.45, 7) is 1.99. The Bertz CT molecular complexity index is 1200. The second kappa shape index (κ2) is 7.86. The Morgan fingerprint density at radius 3 is 2.54 bits per heavy atom. The van der Waals surface area contributed by atoms with Gasteiger partial charge in [-0.2, -0.15) is 0 Å². The average molecular weight is 408 g/mol. The first-order chi connectivity index (χ1) is 13.5. The fourth-order valence-corrected chi connectivity index (χ4v) is 5.37. The number of rotatable bonds is 5. The molecule has 0 spiro atoms. The first-order valence-corrected chi connectivity index (χ1v) is 11.7. The van der Waals surface area contributed by atoms with Crippen LogP contribution in [0.2, 0.25) is 0 Å². The van der Waals surface area contributed by atoms with E-state index in [1.807, 2.05) is 43.3 Å². The molecule has 28 heavy (non-hydrogen) atoms. The Morgan fingerprint density at radius 1 is 1.04 bits per heavy atom. The molecule has 1 heterocycles. The van der Waals surface area contributed by atoms with Crippen molar-refractivity contribution in [2.75, 3.05) is 6.26 Å². The Morgan fingerprint density at radius 2 is 1.75 bits per heavy atom. The lowest BCUT2D eigenvalue weighted by molar-refractivity contribution is 0.0943. The Kier molecular flexibility index (Phi) is 5.29. The molecule has 4 rings (SSSR count). The minimum atomic E-state index is -1.02. The summed E-state index contributed by atoms with van der Waals surface area (Å²) < 4.78 is 12.9. The van der Waals surface area contributed by atoms with Gasteiger partial charge in [0, 0.05) is 21.8 Å². The smallest absolute Gasteiger partial charge is 0.262 e. The van der Waals surface area contributed by atoms with Crippen molar-refractivity contribution in [1.29, 1.82) is 0 Å². The van der Waals surface area contributed by atoms with Gasteiger partial charge in [-0.25, -0.2) is 0 Å². The molecule has 0 aliphatic heterocycles. The fourth-order valence-electron chi connectivity index (χ4n) is 3.45. The van der Waals surface area contributed by atoms with Crippen LogP contribution < -0.4 is 5.32 Å². The zero-order valence-electron chi connectivity index (χ0n) is 15.8. The highest BCUT2D eigenvalue weighted by Crippen LogP contribution is 2.32. The lowest BCUT2D eigenvalue weighted by Crippen LogP contribution is -2.26. The van der Waals surface area contributed by atoms with Gasteiger partial charge in [-0.3, -0.25) is 9.00 Å². The van der Waals surface area contributed by atoms with Crippen molar-refractivity contribution in [2.45, 2.75) is 18.7 Å². The van der Waals surface area contributed by atoms with Crippen LogP contribution in [0.25, 0.3) is 20.9 Å². The van der Waals surface area contributed by atoms with Gasteiger partial charge in [0.2, 0.25) is 0 Å². The third-order valence-electron chi connectivity index (χ3n) is 4.87. The van der Waals surface area contributed by atoms with Crippen molar-refractivity contribution in [3.05, 3.63) is 82.7 Å². The van der Waals surface area contributed by atoms with Gasteiger partial charge in [0.15, 0.2) is 0 Å². The maximum absolute atomic E-state index is 13.1. The monoisotopic (exact) mass is 407 g/mol. The summed E-state index contributed by atoms with van der Waals surface area (Å²) in [6, 6.07) is 22.3. The van der Waals surface area contributed by atoms with Gasteiger partial charge >= 0.3 is 0 Å². The third kappa shape index (κ3) is 3.73. The second-order valence-corrected chi connectivity index (χ2v) is 9.41. The topological polar surface area (TPSA) is 46.2 Å². The maximum atomic E-state index is 13.1. The molecule has 0 unspecified atom stereocenters. The van der Waals surface area contributed by atoms with E-state index in [-0.39, 0.29) is 11.9 Å². The van der Waals surface area contributed by atoms with Gasteiger partial charge in [0.1, 0.15) is 0 Å². The van der Waals surface area contributed by atoms with Crippen LogP contribution in [0.5, 0.6) is 0 Å². The van der Waals surface area contributed by atoms with Gasteiger partial charge in [-0.15, -0.1) is 11.3 Å². The van der Waals surface area contributed by atoms with Crippen molar-refractivity contribution < 1.29 is 9.00 Å². The highest BCUT2D eigenvalue weighted by molar-refractivity contribution is 7.83. The van der Waals surface area contributed by atoms with E-state index < -0.39 is 10.8 Å². The van der Waals surface area contributed by atoms with Crippen LogP contribution in [0, 0.1) is 0 Å². The molecule has 0 bridgehead atoms. The number of hydrogen-bond acceptors (Lipinski definition) is 3. The van der Waals surface area contributed by atoms with Gasteiger partial charge in [0.05, 0.1) is 16.7 Å². The van der Waals surface area contributed by atoms with Crippen molar-refractivity contribution in [2.24, 2.45) is 0 Å². The number of amides is 1. The number of carbonyl (C=O) groups is 1. The summed E-state index contributed by atoms with van der Waals surface area (Å²) in [6.07, 6.45) is 1.67. The predicted molar refractivity (Wildman–Crippen MR) is 119 cm³/mol. The van der Waals surface area contributed by atoms with Crippen LogP contribution in [0.4, 0.5) is 0 Å². The summed E-state index contributed by atoms with van der Waals surface area (Å²) in [5.41, 5.74) is 1.94. The molecule has 3 aromatic carbocycles. The normalized spacial score (nSPS) is 13.5. The van der Waals surface area contributed by atoms with Gasteiger partial charge in [-0.1, -0.05) is 54.6 Å². The molecule has 4 aromatic rings. The van der Waals surface area contributed by atoms with E-state index in [4.69, 9.17) is 0 Å². The summed E-state index contributed by atoms with van der Waals surface area (Å²) in [4.78, 5) is 13.7. The summed E-state index contributed by atoms with van der Waals surface area (Å²) in [5, 5.41) is 6.48. The number of benzene rings is 3. The molecule has 1 amide bonds. The Hall–Kier alpha value is -2.50. The van der Waals surface area contributed by atoms with Gasteiger partial charge in [0.25, 0.3) is 5.91 Å². The Labute approximate surface area is 170 Å². The molecule has 0 aliphatic rings. The highest BCUT2D eigenvalue weighted by atomic mass is 32.2. The molecule has 0 fully saturated rings. The molecule has 0 radical (unpaired) electrons.